The average Bonchev–Trinajstić information content (AvgIpc) is 2.57. The standard InChI is InChI=1S/C17H16ClF3N2O2/c18-11-7-14(13-4-3-10(6-15(13)24)17(19,20)21)16(25)23(9-11)12-2-1-5-22-8-12/h3-4,6-7,9,12,22,24H,1-2,5,8H2. The molecule has 2 N–H and O–H groups in total. The molecule has 0 saturated carbocycles. The molecule has 0 radical (unpaired) electrons. The molecule has 25 heavy (non-hydrogen) atoms. The van der Waals surface area contributed by atoms with Crippen LogP contribution in [0.15, 0.2) is 35.3 Å². The van der Waals surface area contributed by atoms with Crippen LogP contribution in [0.4, 0.5) is 13.2 Å². The van der Waals surface area contributed by atoms with E-state index in [-0.39, 0.29) is 22.2 Å². The van der Waals surface area contributed by atoms with Gasteiger partial charge in [-0.2, -0.15) is 13.2 Å². The Morgan fingerprint density at radius 3 is 2.60 bits per heavy atom. The summed E-state index contributed by atoms with van der Waals surface area (Å²) >= 11 is 6.11. The molecule has 1 saturated heterocycles. The van der Waals surface area contributed by atoms with Crippen LogP contribution in [0, 0.1) is 0 Å². The first-order valence-corrected chi connectivity index (χ1v) is 8.18. The van der Waals surface area contributed by atoms with Gasteiger partial charge in [-0.1, -0.05) is 11.6 Å². The molecule has 1 atom stereocenters. The zero-order valence-corrected chi connectivity index (χ0v) is 13.9. The first kappa shape index (κ1) is 17.8. The maximum Gasteiger partial charge on any atom is 0.416 e. The van der Waals surface area contributed by atoms with Crippen molar-refractivity contribution in [3.63, 3.8) is 0 Å². The van der Waals surface area contributed by atoms with E-state index in [0.29, 0.717) is 12.6 Å². The van der Waals surface area contributed by atoms with Gasteiger partial charge in [0.25, 0.3) is 5.56 Å². The number of pyridine rings is 1. The highest BCUT2D eigenvalue weighted by molar-refractivity contribution is 6.30. The fourth-order valence-corrected chi connectivity index (χ4v) is 3.25. The summed E-state index contributed by atoms with van der Waals surface area (Å²) in [6.45, 7) is 1.48. The third-order valence-corrected chi connectivity index (χ3v) is 4.50. The number of phenolic OH excluding ortho intramolecular Hbond substituents is 1. The number of alkyl halides is 3. The first-order valence-electron chi connectivity index (χ1n) is 7.80. The van der Waals surface area contributed by atoms with E-state index in [9.17, 15) is 23.1 Å². The molecule has 0 spiro atoms. The van der Waals surface area contributed by atoms with Crippen molar-refractivity contribution in [3.05, 3.63) is 51.4 Å². The van der Waals surface area contributed by atoms with E-state index in [4.69, 9.17) is 11.6 Å². The lowest BCUT2D eigenvalue weighted by molar-refractivity contribution is -0.137. The molecule has 134 valence electrons. The van der Waals surface area contributed by atoms with Gasteiger partial charge in [-0.25, -0.2) is 0 Å². The summed E-state index contributed by atoms with van der Waals surface area (Å²) in [4.78, 5) is 12.8. The number of aromatic nitrogens is 1. The number of rotatable bonds is 2. The van der Waals surface area contributed by atoms with E-state index in [1.807, 2.05) is 0 Å². The van der Waals surface area contributed by atoms with Crippen LogP contribution in [-0.4, -0.2) is 22.8 Å². The zero-order chi connectivity index (χ0) is 18.2. The molecule has 1 aliphatic rings. The van der Waals surface area contributed by atoms with E-state index < -0.39 is 23.0 Å². The second kappa shape index (κ2) is 6.72. The highest BCUT2D eigenvalue weighted by Crippen LogP contribution is 2.36. The van der Waals surface area contributed by atoms with Gasteiger partial charge in [-0.15, -0.1) is 0 Å². The van der Waals surface area contributed by atoms with Crippen molar-refractivity contribution in [2.75, 3.05) is 13.1 Å². The molecule has 3 rings (SSSR count). The molecule has 4 nitrogen and oxygen atoms in total. The van der Waals surface area contributed by atoms with Crippen molar-refractivity contribution in [3.8, 4) is 16.9 Å². The van der Waals surface area contributed by atoms with Crippen molar-refractivity contribution in [2.24, 2.45) is 0 Å². The van der Waals surface area contributed by atoms with Gasteiger partial charge in [0.05, 0.1) is 16.1 Å². The first-order chi connectivity index (χ1) is 11.8. The number of piperidine rings is 1. The van der Waals surface area contributed by atoms with Crippen LogP contribution < -0.4 is 10.9 Å². The van der Waals surface area contributed by atoms with Gasteiger partial charge in [0, 0.05) is 24.3 Å². The lowest BCUT2D eigenvalue weighted by atomic mass is 10.0. The van der Waals surface area contributed by atoms with Crippen LogP contribution in [0.3, 0.4) is 0 Å². The SMILES string of the molecule is O=c1c(-c2ccc(C(F)(F)F)cc2O)cc(Cl)cn1C1CCCNC1. The fourth-order valence-electron chi connectivity index (χ4n) is 3.04. The molecule has 1 aromatic carbocycles. The van der Waals surface area contributed by atoms with Crippen molar-refractivity contribution < 1.29 is 18.3 Å². The van der Waals surface area contributed by atoms with Crippen LogP contribution in [-0.2, 0) is 6.18 Å². The van der Waals surface area contributed by atoms with Crippen LogP contribution in [0.2, 0.25) is 5.02 Å². The second-order valence-electron chi connectivity index (χ2n) is 6.01. The third kappa shape index (κ3) is 3.67. The minimum atomic E-state index is -4.57. The van der Waals surface area contributed by atoms with Gasteiger partial charge in [0.15, 0.2) is 0 Å². The second-order valence-corrected chi connectivity index (χ2v) is 6.45. The molecule has 1 unspecified atom stereocenters. The Morgan fingerprint density at radius 2 is 2.00 bits per heavy atom. The fraction of sp³-hybridized carbons (Fsp3) is 0.353. The van der Waals surface area contributed by atoms with Gasteiger partial charge in [-0.3, -0.25) is 4.79 Å². The Morgan fingerprint density at radius 1 is 1.24 bits per heavy atom. The molecular formula is C17H16ClF3N2O2. The average molecular weight is 373 g/mol. The molecule has 0 aliphatic carbocycles. The van der Waals surface area contributed by atoms with Crippen molar-refractivity contribution in [1.82, 2.24) is 9.88 Å². The van der Waals surface area contributed by atoms with Crippen LogP contribution in [0.25, 0.3) is 11.1 Å². The summed E-state index contributed by atoms with van der Waals surface area (Å²) in [6, 6.07) is 3.81. The van der Waals surface area contributed by atoms with Crippen molar-refractivity contribution in [1.29, 1.82) is 0 Å². The molecule has 2 heterocycles. The van der Waals surface area contributed by atoms with Gasteiger partial charge < -0.3 is 15.0 Å². The maximum atomic E-state index is 12.8. The monoisotopic (exact) mass is 372 g/mol. The minimum absolute atomic E-state index is 0.0259. The van der Waals surface area contributed by atoms with E-state index in [0.717, 1.165) is 31.5 Å². The molecular weight excluding hydrogens is 357 g/mol. The largest absolute Gasteiger partial charge is 0.507 e. The summed E-state index contributed by atoms with van der Waals surface area (Å²) in [7, 11) is 0. The highest BCUT2D eigenvalue weighted by atomic mass is 35.5. The Bertz CT molecular complexity index is 843. The summed E-state index contributed by atoms with van der Waals surface area (Å²) in [5, 5.41) is 13.5. The molecule has 1 aliphatic heterocycles. The van der Waals surface area contributed by atoms with Crippen LogP contribution in [0.1, 0.15) is 24.4 Å². The predicted octanol–water partition coefficient (Wildman–Crippen LogP) is 3.82. The van der Waals surface area contributed by atoms with Gasteiger partial charge in [-0.05, 0) is 43.7 Å². The molecule has 1 fully saturated rings. The highest BCUT2D eigenvalue weighted by Gasteiger charge is 2.31. The number of hydrogen-bond donors (Lipinski definition) is 2. The minimum Gasteiger partial charge on any atom is -0.507 e. The lowest BCUT2D eigenvalue weighted by Gasteiger charge is -2.25. The van der Waals surface area contributed by atoms with Crippen molar-refractivity contribution in [2.45, 2.75) is 25.1 Å². The van der Waals surface area contributed by atoms with Gasteiger partial charge >= 0.3 is 6.18 Å². The van der Waals surface area contributed by atoms with E-state index in [1.165, 1.54) is 16.8 Å². The molecule has 2 aromatic rings. The van der Waals surface area contributed by atoms with Crippen LogP contribution in [0.5, 0.6) is 5.75 Å². The number of hydrogen-bond acceptors (Lipinski definition) is 3. The Labute approximate surface area is 146 Å². The van der Waals surface area contributed by atoms with E-state index in [1.54, 1.807) is 0 Å². The van der Waals surface area contributed by atoms with Gasteiger partial charge in [0.2, 0.25) is 0 Å². The summed E-state index contributed by atoms with van der Waals surface area (Å²) in [5.41, 5.74) is -1.27. The van der Waals surface area contributed by atoms with Gasteiger partial charge in [0.1, 0.15) is 5.75 Å². The number of halogens is 4. The van der Waals surface area contributed by atoms with E-state index in [2.05, 4.69) is 5.32 Å². The molecule has 0 bridgehead atoms. The van der Waals surface area contributed by atoms with Crippen molar-refractivity contribution >= 4 is 11.6 Å². The Hall–Kier alpha value is -1.99. The molecule has 1 aromatic heterocycles. The Kier molecular flexibility index (Phi) is 4.79. The number of nitrogens with one attached hydrogen (secondary N) is 1. The third-order valence-electron chi connectivity index (χ3n) is 4.29. The number of phenols is 1. The number of aromatic hydroxyl groups is 1. The number of benzene rings is 1. The summed E-state index contributed by atoms with van der Waals surface area (Å²) in [5.74, 6) is -0.609. The molecule has 0 amide bonds. The molecule has 8 heteroatoms. The Balaban J connectivity index is 2.09. The number of nitrogens with zero attached hydrogens (tertiary/aromatic N) is 1. The predicted molar refractivity (Wildman–Crippen MR) is 89.0 cm³/mol. The maximum absolute atomic E-state index is 12.8. The summed E-state index contributed by atoms with van der Waals surface area (Å²) < 4.78 is 39.7. The topological polar surface area (TPSA) is 54.3 Å². The van der Waals surface area contributed by atoms with E-state index >= 15 is 0 Å². The van der Waals surface area contributed by atoms with Crippen LogP contribution >= 0.6 is 11.6 Å². The summed E-state index contributed by atoms with van der Waals surface area (Å²) in [6.07, 6.45) is -1.35. The zero-order valence-electron chi connectivity index (χ0n) is 13.1. The quantitative estimate of drug-likeness (QED) is 0.842. The smallest absolute Gasteiger partial charge is 0.416 e. The lowest BCUT2D eigenvalue weighted by Crippen LogP contribution is -2.36. The normalized spacial score (nSPS) is 18.3.